The first-order valence-corrected chi connectivity index (χ1v) is 8.98. The van der Waals surface area contributed by atoms with Crippen LogP contribution in [0.25, 0.3) is 0 Å². The van der Waals surface area contributed by atoms with Gasteiger partial charge in [0.1, 0.15) is 23.0 Å². The van der Waals surface area contributed by atoms with Crippen molar-refractivity contribution in [3.63, 3.8) is 0 Å². The highest BCUT2D eigenvalue weighted by molar-refractivity contribution is 7.09. The van der Waals surface area contributed by atoms with Crippen LogP contribution in [0.2, 0.25) is 0 Å². The molecule has 0 saturated heterocycles. The van der Waals surface area contributed by atoms with Crippen molar-refractivity contribution in [2.75, 3.05) is 5.01 Å². The molecule has 0 aliphatic carbocycles. The molecule has 0 bridgehead atoms. The van der Waals surface area contributed by atoms with E-state index in [1.54, 1.807) is 50.3 Å². The van der Waals surface area contributed by atoms with Crippen LogP contribution in [0.3, 0.4) is 0 Å². The molecule has 0 unspecified atom stereocenters. The molecule has 0 radical (unpaired) electrons. The number of ether oxygens (including phenoxy) is 2. The van der Waals surface area contributed by atoms with Gasteiger partial charge >= 0.3 is 6.09 Å². The smallest absolute Gasteiger partial charge is 0.429 e. The predicted molar refractivity (Wildman–Crippen MR) is 99.9 cm³/mol. The summed E-state index contributed by atoms with van der Waals surface area (Å²) in [5, 5.41) is 3.92. The third-order valence-corrected chi connectivity index (χ3v) is 4.05. The fourth-order valence-corrected chi connectivity index (χ4v) is 2.81. The quantitative estimate of drug-likeness (QED) is 0.482. The monoisotopic (exact) mass is 363 g/mol. The van der Waals surface area contributed by atoms with Crippen LogP contribution in [0.5, 0.6) is 5.75 Å². The van der Waals surface area contributed by atoms with Gasteiger partial charge in [-0.15, -0.1) is 11.3 Å². The second kappa shape index (κ2) is 7.84. The second-order valence-corrected chi connectivity index (χ2v) is 7.90. The molecule has 0 aliphatic rings. The number of thiazole rings is 1. The molecule has 2 N–H and O–H groups in total. The van der Waals surface area contributed by atoms with E-state index >= 15 is 0 Å². The Kier molecular flexibility index (Phi) is 6.02. The van der Waals surface area contributed by atoms with Crippen LogP contribution >= 0.6 is 11.3 Å². The summed E-state index contributed by atoms with van der Waals surface area (Å²) in [5.41, 5.74) is 0.950. The minimum Gasteiger partial charge on any atom is -0.486 e. The summed E-state index contributed by atoms with van der Waals surface area (Å²) in [6.45, 7) is 9.95. The molecule has 25 heavy (non-hydrogen) atoms. The molecule has 2 aromatic rings. The molecule has 0 saturated carbocycles. The van der Waals surface area contributed by atoms with E-state index in [4.69, 9.17) is 15.3 Å². The summed E-state index contributed by atoms with van der Waals surface area (Å²) >= 11 is 1.57. The predicted octanol–water partition coefficient (Wildman–Crippen LogP) is 4.46. The Morgan fingerprint density at radius 1 is 1.36 bits per heavy atom. The Hall–Kier alpha value is -2.12. The molecule has 1 heterocycles. The SMILES string of the molecule is CC(C)c1csc(COc2cccc(N(N)C(=O)OC(C)(C)C)c2)n1. The lowest BCUT2D eigenvalue weighted by Crippen LogP contribution is -2.41. The summed E-state index contributed by atoms with van der Waals surface area (Å²) in [4.78, 5) is 16.6. The van der Waals surface area contributed by atoms with Crippen molar-refractivity contribution in [2.45, 2.75) is 52.7 Å². The molecular weight excluding hydrogens is 338 g/mol. The van der Waals surface area contributed by atoms with Gasteiger partial charge in [-0.1, -0.05) is 19.9 Å². The van der Waals surface area contributed by atoms with Gasteiger partial charge in [-0.05, 0) is 38.8 Å². The lowest BCUT2D eigenvalue weighted by molar-refractivity contribution is 0.0580. The number of aromatic nitrogens is 1. The fourth-order valence-electron chi connectivity index (χ4n) is 1.94. The van der Waals surface area contributed by atoms with Crippen LogP contribution in [0.4, 0.5) is 10.5 Å². The summed E-state index contributed by atoms with van der Waals surface area (Å²) in [7, 11) is 0. The van der Waals surface area contributed by atoms with Gasteiger partial charge in [-0.2, -0.15) is 0 Å². The van der Waals surface area contributed by atoms with E-state index in [0.29, 0.717) is 24.0 Å². The molecule has 136 valence electrons. The van der Waals surface area contributed by atoms with Crippen molar-refractivity contribution in [1.82, 2.24) is 4.98 Å². The van der Waals surface area contributed by atoms with Gasteiger partial charge in [0.25, 0.3) is 0 Å². The maximum atomic E-state index is 12.0. The standard InChI is InChI=1S/C18H25N3O3S/c1-12(2)15-11-25-16(20-15)10-23-14-8-6-7-13(9-14)21(19)17(22)24-18(3,4)5/h6-9,11-12H,10,19H2,1-5H3. The highest BCUT2D eigenvalue weighted by Crippen LogP contribution is 2.23. The van der Waals surface area contributed by atoms with Crippen LogP contribution in [0.1, 0.15) is 51.2 Å². The number of nitrogens with two attached hydrogens (primary N) is 1. The Balaban J connectivity index is 2.01. The van der Waals surface area contributed by atoms with Crippen molar-refractivity contribution >= 4 is 23.1 Å². The van der Waals surface area contributed by atoms with Gasteiger partial charge < -0.3 is 9.47 Å². The Morgan fingerprint density at radius 3 is 2.68 bits per heavy atom. The molecule has 0 spiro atoms. The number of carbonyl (C=O) groups excluding carboxylic acids is 1. The van der Waals surface area contributed by atoms with Crippen LogP contribution in [-0.4, -0.2) is 16.7 Å². The van der Waals surface area contributed by atoms with Gasteiger partial charge in [0.05, 0.1) is 11.4 Å². The number of nitrogens with zero attached hydrogens (tertiary/aromatic N) is 2. The van der Waals surface area contributed by atoms with E-state index < -0.39 is 11.7 Å². The number of hydrogen-bond acceptors (Lipinski definition) is 6. The van der Waals surface area contributed by atoms with Gasteiger partial charge in [0, 0.05) is 11.4 Å². The highest BCUT2D eigenvalue weighted by Gasteiger charge is 2.21. The topological polar surface area (TPSA) is 77.7 Å². The number of rotatable bonds is 5. The maximum absolute atomic E-state index is 12.0. The average molecular weight is 363 g/mol. The molecule has 0 aliphatic heterocycles. The largest absolute Gasteiger partial charge is 0.486 e. The minimum absolute atomic E-state index is 0.373. The van der Waals surface area contributed by atoms with E-state index in [2.05, 4.69) is 18.8 Å². The zero-order chi connectivity index (χ0) is 18.6. The Morgan fingerprint density at radius 2 is 2.08 bits per heavy atom. The van der Waals surface area contributed by atoms with Gasteiger partial charge in [-0.3, -0.25) is 0 Å². The first kappa shape index (κ1) is 19.2. The minimum atomic E-state index is -0.619. The van der Waals surface area contributed by atoms with Crippen LogP contribution < -0.4 is 15.6 Å². The molecule has 1 amide bonds. The maximum Gasteiger partial charge on any atom is 0.429 e. The van der Waals surface area contributed by atoms with Gasteiger partial charge in [0.15, 0.2) is 0 Å². The van der Waals surface area contributed by atoms with Gasteiger partial charge in [0.2, 0.25) is 0 Å². The Bertz CT molecular complexity index is 722. The Labute approximate surface area is 152 Å². The number of carbonyl (C=O) groups is 1. The van der Waals surface area contributed by atoms with E-state index in [1.165, 1.54) is 0 Å². The normalized spacial score (nSPS) is 11.5. The van der Waals surface area contributed by atoms with Crippen molar-refractivity contribution in [3.05, 3.63) is 40.3 Å². The molecule has 1 aromatic heterocycles. The van der Waals surface area contributed by atoms with Crippen LogP contribution in [-0.2, 0) is 11.3 Å². The van der Waals surface area contributed by atoms with E-state index in [1.807, 2.05) is 11.4 Å². The molecule has 0 fully saturated rings. The molecular formula is C18H25N3O3S. The third kappa shape index (κ3) is 5.72. The van der Waals surface area contributed by atoms with Crippen molar-refractivity contribution in [3.8, 4) is 5.75 Å². The zero-order valence-corrected chi connectivity index (χ0v) is 16.1. The first-order chi connectivity index (χ1) is 11.7. The van der Waals surface area contributed by atoms with Crippen LogP contribution in [0.15, 0.2) is 29.6 Å². The number of amides is 1. The number of hydrazine groups is 1. The lowest BCUT2D eigenvalue weighted by Gasteiger charge is -2.24. The molecule has 2 rings (SSSR count). The summed E-state index contributed by atoms with van der Waals surface area (Å²) in [5.74, 6) is 6.86. The van der Waals surface area contributed by atoms with Crippen molar-refractivity contribution in [2.24, 2.45) is 5.84 Å². The van der Waals surface area contributed by atoms with Crippen molar-refractivity contribution < 1.29 is 14.3 Å². The number of benzene rings is 1. The van der Waals surface area contributed by atoms with E-state index in [0.717, 1.165) is 15.7 Å². The van der Waals surface area contributed by atoms with E-state index in [-0.39, 0.29) is 0 Å². The summed E-state index contributed by atoms with van der Waals surface area (Å²) in [6.07, 6.45) is -0.619. The van der Waals surface area contributed by atoms with E-state index in [9.17, 15) is 4.79 Å². The molecule has 6 nitrogen and oxygen atoms in total. The zero-order valence-electron chi connectivity index (χ0n) is 15.3. The third-order valence-electron chi connectivity index (χ3n) is 3.21. The van der Waals surface area contributed by atoms with Crippen LogP contribution in [0, 0.1) is 0 Å². The summed E-state index contributed by atoms with van der Waals surface area (Å²) < 4.78 is 11.0. The number of hydrogen-bond donors (Lipinski definition) is 1. The highest BCUT2D eigenvalue weighted by atomic mass is 32.1. The molecule has 1 aromatic carbocycles. The summed E-state index contributed by atoms with van der Waals surface area (Å²) in [6, 6.07) is 7.00. The van der Waals surface area contributed by atoms with Gasteiger partial charge in [-0.25, -0.2) is 20.6 Å². The average Bonchev–Trinajstić information content (AvgIpc) is 3.00. The lowest BCUT2D eigenvalue weighted by atomic mass is 10.2. The fraction of sp³-hybridized carbons (Fsp3) is 0.444. The second-order valence-electron chi connectivity index (χ2n) is 6.96. The van der Waals surface area contributed by atoms with Crippen molar-refractivity contribution in [1.29, 1.82) is 0 Å². The molecule has 7 heteroatoms. The molecule has 0 atom stereocenters. The number of anilines is 1. The first-order valence-electron chi connectivity index (χ1n) is 8.10.